The van der Waals surface area contributed by atoms with Gasteiger partial charge in [-0.25, -0.2) is 0 Å². The van der Waals surface area contributed by atoms with Crippen LogP contribution in [-0.4, -0.2) is 48.8 Å². The first-order valence-electron chi connectivity index (χ1n) is 9.33. The molecule has 1 aromatic carbocycles. The fourth-order valence-corrected chi connectivity index (χ4v) is 3.89. The molecule has 0 spiro atoms. The van der Waals surface area contributed by atoms with Crippen LogP contribution in [0.15, 0.2) is 24.3 Å². The Morgan fingerprint density at radius 1 is 1.31 bits per heavy atom. The molecule has 2 aliphatic heterocycles. The summed E-state index contributed by atoms with van der Waals surface area (Å²) in [6.45, 7) is 4.95. The lowest BCUT2D eigenvalue weighted by atomic mass is 9.80. The number of hydrogen-bond acceptors (Lipinski definition) is 3. The molecule has 3 rings (SSSR count). The Kier molecular flexibility index (Phi) is 6.07. The molecule has 1 aromatic rings. The Morgan fingerprint density at radius 2 is 2.04 bits per heavy atom. The summed E-state index contributed by atoms with van der Waals surface area (Å²) >= 11 is 5.53. The fraction of sp³-hybridized carbons (Fsp3) is 0.600. The summed E-state index contributed by atoms with van der Waals surface area (Å²) in [5, 5.41) is 2.88. The summed E-state index contributed by atoms with van der Waals surface area (Å²) < 4.78 is 5.69. The van der Waals surface area contributed by atoms with Crippen LogP contribution in [0.2, 0.25) is 0 Å². The first-order valence-corrected chi connectivity index (χ1v) is 9.86. The Morgan fingerprint density at radius 3 is 2.77 bits per heavy atom. The van der Waals surface area contributed by atoms with E-state index >= 15 is 0 Å². The third-order valence-corrected chi connectivity index (χ3v) is 5.90. The normalized spacial score (nSPS) is 21.5. The highest BCUT2D eigenvalue weighted by Crippen LogP contribution is 2.37. The van der Waals surface area contributed by atoms with Crippen molar-refractivity contribution in [2.45, 2.75) is 38.5 Å². The molecule has 1 atom stereocenters. The number of alkyl halides is 1. The molecule has 2 heterocycles. The predicted octanol–water partition coefficient (Wildman–Crippen LogP) is 2.93. The first-order chi connectivity index (χ1) is 12.5. The Hall–Kier alpha value is -1.75. The van der Waals surface area contributed by atoms with Crippen LogP contribution in [-0.2, 0) is 9.59 Å². The number of para-hydroxylation sites is 1. The minimum atomic E-state index is -0.135. The van der Waals surface area contributed by atoms with E-state index < -0.39 is 0 Å². The van der Waals surface area contributed by atoms with Gasteiger partial charge in [-0.1, -0.05) is 25.1 Å². The first kappa shape index (κ1) is 19.0. The quantitative estimate of drug-likeness (QED) is 0.801. The fourth-order valence-electron chi connectivity index (χ4n) is 3.80. The van der Waals surface area contributed by atoms with E-state index in [0.717, 1.165) is 43.7 Å². The SMILES string of the molecule is CC1(CNC(=O)CCl)CCN(C(=O)CC2CCOc3ccccc32)CC1. The van der Waals surface area contributed by atoms with Gasteiger partial charge in [-0.05, 0) is 42.2 Å². The van der Waals surface area contributed by atoms with E-state index in [9.17, 15) is 9.59 Å². The van der Waals surface area contributed by atoms with Gasteiger partial charge in [0.25, 0.3) is 0 Å². The molecule has 0 bridgehead atoms. The molecule has 2 amide bonds. The number of likely N-dealkylation sites (tertiary alicyclic amines) is 1. The lowest BCUT2D eigenvalue weighted by Crippen LogP contribution is -2.47. The zero-order chi connectivity index (χ0) is 18.6. The highest BCUT2D eigenvalue weighted by Gasteiger charge is 2.33. The topological polar surface area (TPSA) is 58.6 Å². The summed E-state index contributed by atoms with van der Waals surface area (Å²) in [7, 11) is 0. The molecule has 26 heavy (non-hydrogen) atoms. The summed E-state index contributed by atoms with van der Waals surface area (Å²) in [6, 6.07) is 8.02. The Balaban J connectivity index is 1.52. The van der Waals surface area contributed by atoms with Gasteiger partial charge in [0.05, 0.1) is 6.61 Å². The van der Waals surface area contributed by atoms with Crippen LogP contribution in [0.5, 0.6) is 5.75 Å². The van der Waals surface area contributed by atoms with Crippen LogP contribution in [0.3, 0.4) is 0 Å². The predicted molar refractivity (Wildman–Crippen MR) is 102 cm³/mol. The number of halogens is 1. The van der Waals surface area contributed by atoms with Crippen LogP contribution in [0.25, 0.3) is 0 Å². The summed E-state index contributed by atoms with van der Waals surface area (Å²) in [6.07, 6.45) is 3.22. The molecule has 6 heteroatoms. The second-order valence-corrected chi connectivity index (χ2v) is 7.95. The third kappa shape index (κ3) is 4.50. The number of nitrogens with one attached hydrogen (secondary N) is 1. The molecular formula is C20H27ClN2O3. The van der Waals surface area contributed by atoms with Gasteiger partial charge >= 0.3 is 0 Å². The van der Waals surface area contributed by atoms with Crippen molar-refractivity contribution in [2.75, 3.05) is 32.1 Å². The molecule has 1 unspecified atom stereocenters. The molecule has 1 fully saturated rings. The molecular weight excluding hydrogens is 352 g/mol. The van der Waals surface area contributed by atoms with Gasteiger partial charge in [-0.2, -0.15) is 0 Å². The van der Waals surface area contributed by atoms with E-state index in [-0.39, 0.29) is 29.0 Å². The average Bonchev–Trinajstić information content (AvgIpc) is 2.67. The summed E-state index contributed by atoms with van der Waals surface area (Å²) in [5.74, 6) is 1.23. The molecule has 5 nitrogen and oxygen atoms in total. The second-order valence-electron chi connectivity index (χ2n) is 7.68. The number of carbonyl (C=O) groups excluding carboxylic acids is 2. The summed E-state index contributed by atoms with van der Waals surface area (Å²) in [4.78, 5) is 26.1. The number of carbonyl (C=O) groups is 2. The highest BCUT2D eigenvalue weighted by molar-refractivity contribution is 6.27. The molecule has 1 saturated heterocycles. The van der Waals surface area contributed by atoms with Crippen molar-refractivity contribution in [2.24, 2.45) is 5.41 Å². The Labute approximate surface area is 160 Å². The number of fused-ring (bicyclic) bond motifs is 1. The molecule has 0 aliphatic carbocycles. The van der Waals surface area contributed by atoms with Crippen molar-refractivity contribution >= 4 is 23.4 Å². The van der Waals surface area contributed by atoms with Gasteiger partial charge in [0.15, 0.2) is 0 Å². The molecule has 2 aliphatic rings. The van der Waals surface area contributed by atoms with Gasteiger partial charge in [0.1, 0.15) is 11.6 Å². The maximum absolute atomic E-state index is 12.8. The van der Waals surface area contributed by atoms with Crippen molar-refractivity contribution in [1.82, 2.24) is 10.2 Å². The van der Waals surface area contributed by atoms with Crippen LogP contribution < -0.4 is 10.1 Å². The molecule has 142 valence electrons. The van der Waals surface area contributed by atoms with Crippen molar-refractivity contribution in [3.63, 3.8) is 0 Å². The second kappa shape index (κ2) is 8.30. The zero-order valence-electron chi connectivity index (χ0n) is 15.3. The molecule has 0 aromatic heterocycles. The standard InChI is InChI=1S/C20H27ClN2O3/c1-20(14-22-18(24)13-21)7-9-23(10-8-20)19(25)12-15-6-11-26-17-5-3-2-4-16(15)17/h2-5,15H,6-14H2,1H3,(H,22,24). The number of nitrogens with zero attached hydrogens (tertiary/aromatic N) is 1. The van der Waals surface area contributed by atoms with Crippen molar-refractivity contribution in [3.8, 4) is 5.75 Å². The largest absolute Gasteiger partial charge is 0.493 e. The van der Waals surface area contributed by atoms with E-state index in [1.165, 1.54) is 0 Å². The van der Waals surface area contributed by atoms with Crippen LogP contribution in [0.1, 0.15) is 44.1 Å². The average molecular weight is 379 g/mol. The monoisotopic (exact) mass is 378 g/mol. The minimum Gasteiger partial charge on any atom is -0.493 e. The van der Waals surface area contributed by atoms with Crippen molar-refractivity contribution in [3.05, 3.63) is 29.8 Å². The van der Waals surface area contributed by atoms with Crippen LogP contribution >= 0.6 is 11.6 Å². The minimum absolute atomic E-state index is 0.00668. The van der Waals surface area contributed by atoms with E-state index in [0.29, 0.717) is 19.6 Å². The van der Waals surface area contributed by atoms with Gasteiger partial charge in [-0.15, -0.1) is 11.6 Å². The summed E-state index contributed by atoms with van der Waals surface area (Å²) in [5.41, 5.74) is 1.18. The van der Waals surface area contributed by atoms with Gasteiger partial charge in [0.2, 0.25) is 11.8 Å². The van der Waals surface area contributed by atoms with Crippen molar-refractivity contribution in [1.29, 1.82) is 0 Å². The Bertz CT molecular complexity index is 656. The van der Waals surface area contributed by atoms with E-state index in [4.69, 9.17) is 16.3 Å². The smallest absolute Gasteiger partial charge is 0.234 e. The number of amides is 2. The van der Waals surface area contributed by atoms with Crippen LogP contribution in [0.4, 0.5) is 0 Å². The third-order valence-electron chi connectivity index (χ3n) is 5.66. The highest BCUT2D eigenvalue weighted by atomic mass is 35.5. The number of benzene rings is 1. The van der Waals surface area contributed by atoms with Gasteiger partial charge in [-0.3, -0.25) is 9.59 Å². The van der Waals surface area contributed by atoms with Crippen LogP contribution in [0, 0.1) is 5.41 Å². The van der Waals surface area contributed by atoms with Crippen molar-refractivity contribution < 1.29 is 14.3 Å². The van der Waals surface area contributed by atoms with Gasteiger partial charge in [0, 0.05) is 26.1 Å². The zero-order valence-corrected chi connectivity index (χ0v) is 16.1. The van der Waals surface area contributed by atoms with E-state index in [1.807, 2.05) is 23.1 Å². The van der Waals surface area contributed by atoms with E-state index in [1.54, 1.807) is 0 Å². The van der Waals surface area contributed by atoms with Gasteiger partial charge < -0.3 is 15.0 Å². The molecule has 1 N–H and O–H groups in total. The lowest BCUT2D eigenvalue weighted by Gasteiger charge is -2.40. The number of ether oxygens (including phenoxy) is 1. The number of hydrogen-bond donors (Lipinski definition) is 1. The molecule has 0 radical (unpaired) electrons. The maximum Gasteiger partial charge on any atom is 0.234 e. The number of piperidine rings is 1. The van der Waals surface area contributed by atoms with E-state index in [2.05, 4.69) is 18.3 Å². The number of rotatable bonds is 5. The maximum atomic E-state index is 12.8. The molecule has 0 saturated carbocycles. The lowest BCUT2D eigenvalue weighted by molar-refractivity contribution is -0.134.